The van der Waals surface area contributed by atoms with Gasteiger partial charge in [-0.1, -0.05) is 20.8 Å². The Labute approximate surface area is 120 Å². The molecule has 2 heterocycles. The first kappa shape index (κ1) is 15.0. The van der Waals surface area contributed by atoms with E-state index in [-0.39, 0.29) is 11.0 Å². The van der Waals surface area contributed by atoms with Gasteiger partial charge in [0.25, 0.3) is 0 Å². The number of nitrogens with two attached hydrogens (primary N) is 1. The number of hydrogen-bond donors (Lipinski definition) is 3. The third kappa shape index (κ3) is 3.58. The highest BCUT2D eigenvalue weighted by Crippen LogP contribution is 2.26. The predicted octanol–water partition coefficient (Wildman–Crippen LogP) is 2.04. The minimum atomic E-state index is -0.132. The molecule has 0 aliphatic carbocycles. The highest BCUT2D eigenvalue weighted by molar-refractivity contribution is 5.49. The molecule has 6 nitrogen and oxygen atoms in total. The van der Waals surface area contributed by atoms with Crippen molar-refractivity contribution in [1.82, 2.24) is 9.97 Å². The van der Waals surface area contributed by atoms with Crippen LogP contribution in [-0.4, -0.2) is 28.7 Å². The fourth-order valence-corrected chi connectivity index (χ4v) is 2.26. The zero-order chi connectivity index (χ0) is 14.8. The summed E-state index contributed by atoms with van der Waals surface area (Å²) in [4.78, 5) is 9.04. The van der Waals surface area contributed by atoms with Crippen LogP contribution in [0.4, 0.5) is 11.6 Å². The summed E-state index contributed by atoms with van der Waals surface area (Å²) in [6.45, 7) is 9.92. The number of nitrogen functional groups attached to an aromatic ring is 1. The summed E-state index contributed by atoms with van der Waals surface area (Å²) in [5.74, 6) is 7.67. The average molecular weight is 279 g/mol. The molecule has 1 saturated heterocycles. The minimum absolute atomic E-state index is 0.0897. The lowest BCUT2D eigenvalue weighted by atomic mass is 9.94. The smallest absolute Gasteiger partial charge is 0.145 e. The maximum Gasteiger partial charge on any atom is 0.145 e. The van der Waals surface area contributed by atoms with Crippen LogP contribution in [0.3, 0.4) is 0 Å². The van der Waals surface area contributed by atoms with Gasteiger partial charge < -0.3 is 15.5 Å². The second kappa shape index (κ2) is 5.54. The number of aromatic nitrogens is 2. The van der Waals surface area contributed by atoms with Gasteiger partial charge in [-0.05, 0) is 19.8 Å². The summed E-state index contributed by atoms with van der Waals surface area (Å²) >= 11 is 0. The quantitative estimate of drug-likeness (QED) is 0.580. The predicted molar refractivity (Wildman–Crippen MR) is 80.6 cm³/mol. The van der Waals surface area contributed by atoms with Crippen molar-refractivity contribution >= 4 is 11.6 Å². The van der Waals surface area contributed by atoms with Crippen molar-refractivity contribution in [2.75, 3.05) is 24.0 Å². The van der Waals surface area contributed by atoms with Gasteiger partial charge in [0.15, 0.2) is 0 Å². The van der Waals surface area contributed by atoms with Crippen molar-refractivity contribution in [3.8, 4) is 0 Å². The van der Waals surface area contributed by atoms with Gasteiger partial charge in [-0.25, -0.2) is 15.8 Å². The fraction of sp³-hybridized carbons (Fsp3) is 0.714. The van der Waals surface area contributed by atoms with Crippen molar-refractivity contribution in [2.45, 2.75) is 51.5 Å². The van der Waals surface area contributed by atoms with E-state index in [9.17, 15) is 0 Å². The van der Waals surface area contributed by atoms with Crippen LogP contribution in [-0.2, 0) is 10.2 Å². The number of rotatable bonds is 3. The maximum absolute atomic E-state index is 5.57. The molecule has 112 valence electrons. The first-order valence-corrected chi connectivity index (χ1v) is 7.04. The second-order valence-electron chi connectivity index (χ2n) is 6.70. The molecule has 1 aliphatic heterocycles. The second-order valence-corrected chi connectivity index (χ2v) is 6.70. The summed E-state index contributed by atoms with van der Waals surface area (Å²) in [5.41, 5.74) is 2.39. The van der Waals surface area contributed by atoms with Crippen LogP contribution in [0.1, 0.15) is 46.4 Å². The molecule has 0 aromatic carbocycles. The molecule has 1 aliphatic rings. The van der Waals surface area contributed by atoms with Gasteiger partial charge in [0.2, 0.25) is 0 Å². The lowest BCUT2D eigenvalue weighted by Gasteiger charge is -2.35. The molecule has 2 rings (SSSR count). The Kier molecular flexibility index (Phi) is 4.15. The number of hydrazine groups is 1. The average Bonchev–Trinajstić information content (AvgIpc) is 2.37. The maximum atomic E-state index is 5.57. The molecular formula is C14H25N5O. The first-order chi connectivity index (χ1) is 9.32. The normalized spacial score (nSPS) is 23.4. The molecule has 0 amide bonds. The number of hydrogen-bond acceptors (Lipinski definition) is 6. The topological polar surface area (TPSA) is 85.1 Å². The molecule has 6 heteroatoms. The van der Waals surface area contributed by atoms with E-state index in [0.717, 1.165) is 31.1 Å². The van der Waals surface area contributed by atoms with E-state index >= 15 is 0 Å². The monoisotopic (exact) mass is 279 g/mol. The molecule has 4 N–H and O–H groups in total. The third-order valence-corrected chi connectivity index (χ3v) is 3.41. The summed E-state index contributed by atoms with van der Waals surface area (Å²) in [6.07, 6.45) is 2.12. The highest BCUT2D eigenvalue weighted by atomic mass is 16.5. The summed E-state index contributed by atoms with van der Waals surface area (Å²) in [5, 5.41) is 3.47. The molecule has 1 atom stereocenters. The minimum Gasteiger partial charge on any atom is -0.379 e. The van der Waals surface area contributed by atoms with Gasteiger partial charge in [0.1, 0.15) is 17.5 Å². The fourth-order valence-electron chi connectivity index (χ4n) is 2.26. The van der Waals surface area contributed by atoms with Gasteiger partial charge in [0.05, 0.1) is 12.1 Å². The molecule has 20 heavy (non-hydrogen) atoms. The molecule has 1 aromatic rings. The molecule has 0 radical (unpaired) electrons. The van der Waals surface area contributed by atoms with E-state index in [0.29, 0.717) is 12.4 Å². The zero-order valence-electron chi connectivity index (χ0n) is 12.8. The van der Waals surface area contributed by atoms with Crippen LogP contribution in [0.15, 0.2) is 6.07 Å². The van der Waals surface area contributed by atoms with E-state index in [4.69, 9.17) is 10.6 Å². The SMILES string of the molecule is CC1(Nc2cc(NN)nc(C(C)(C)C)n2)CCCOC1. The molecule has 1 fully saturated rings. The standard InChI is InChI=1S/C14H25N5O/c1-13(2,3)12-16-10(8-11(17-12)19-15)18-14(4)6-5-7-20-9-14/h8H,5-7,9,15H2,1-4H3,(H2,16,17,18,19). The molecular weight excluding hydrogens is 254 g/mol. The number of anilines is 2. The summed E-state index contributed by atoms with van der Waals surface area (Å²) in [7, 11) is 0. The Balaban J connectivity index is 2.26. The third-order valence-electron chi connectivity index (χ3n) is 3.41. The number of ether oxygens (including phenoxy) is 1. The van der Waals surface area contributed by atoms with Crippen LogP contribution in [0, 0.1) is 0 Å². The van der Waals surface area contributed by atoms with Crippen LogP contribution in [0.25, 0.3) is 0 Å². The van der Waals surface area contributed by atoms with E-state index in [2.05, 4.69) is 48.4 Å². The Bertz CT molecular complexity index is 463. The van der Waals surface area contributed by atoms with E-state index in [1.165, 1.54) is 0 Å². The summed E-state index contributed by atoms with van der Waals surface area (Å²) < 4.78 is 5.57. The molecule has 1 aromatic heterocycles. The Morgan fingerprint density at radius 2 is 2.00 bits per heavy atom. The van der Waals surface area contributed by atoms with Gasteiger partial charge in [-0.2, -0.15) is 0 Å². The number of nitrogens with one attached hydrogen (secondary N) is 2. The van der Waals surface area contributed by atoms with E-state index < -0.39 is 0 Å². The Hall–Kier alpha value is -1.40. The van der Waals surface area contributed by atoms with Crippen LogP contribution in [0.5, 0.6) is 0 Å². The van der Waals surface area contributed by atoms with Crippen molar-refractivity contribution in [1.29, 1.82) is 0 Å². The van der Waals surface area contributed by atoms with Crippen LogP contribution in [0.2, 0.25) is 0 Å². The van der Waals surface area contributed by atoms with Crippen molar-refractivity contribution in [3.63, 3.8) is 0 Å². The van der Waals surface area contributed by atoms with Gasteiger partial charge in [-0.15, -0.1) is 0 Å². The van der Waals surface area contributed by atoms with Crippen molar-refractivity contribution in [2.24, 2.45) is 5.84 Å². The Morgan fingerprint density at radius 1 is 1.30 bits per heavy atom. The first-order valence-electron chi connectivity index (χ1n) is 7.04. The molecule has 1 unspecified atom stereocenters. The van der Waals surface area contributed by atoms with E-state index in [1.807, 2.05) is 6.07 Å². The van der Waals surface area contributed by atoms with Crippen molar-refractivity contribution in [3.05, 3.63) is 11.9 Å². The molecule has 0 bridgehead atoms. The van der Waals surface area contributed by atoms with Gasteiger partial charge >= 0.3 is 0 Å². The number of nitrogens with zero attached hydrogens (tertiary/aromatic N) is 2. The van der Waals surface area contributed by atoms with Crippen LogP contribution >= 0.6 is 0 Å². The largest absolute Gasteiger partial charge is 0.379 e. The zero-order valence-corrected chi connectivity index (χ0v) is 12.8. The van der Waals surface area contributed by atoms with Gasteiger partial charge in [0, 0.05) is 18.1 Å². The lowest BCUT2D eigenvalue weighted by Crippen LogP contribution is -2.43. The summed E-state index contributed by atoms with van der Waals surface area (Å²) in [6, 6.07) is 1.83. The Morgan fingerprint density at radius 3 is 2.55 bits per heavy atom. The highest BCUT2D eigenvalue weighted by Gasteiger charge is 2.28. The van der Waals surface area contributed by atoms with Crippen molar-refractivity contribution < 1.29 is 4.74 Å². The van der Waals surface area contributed by atoms with E-state index in [1.54, 1.807) is 0 Å². The molecule has 0 saturated carbocycles. The lowest BCUT2D eigenvalue weighted by molar-refractivity contribution is 0.0539. The van der Waals surface area contributed by atoms with Crippen LogP contribution < -0.4 is 16.6 Å². The molecule has 0 spiro atoms. The van der Waals surface area contributed by atoms with Gasteiger partial charge in [-0.3, -0.25) is 0 Å².